The first kappa shape index (κ1) is 13.6. The van der Waals surface area contributed by atoms with Crippen LogP contribution in [-0.4, -0.2) is 20.7 Å². The molecule has 0 saturated carbocycles. The molecular formula is C13H14FN3OS. The molecule has 0 saturated heterocycles. The van der Waals surface area contributed by atoms with Crippen LogP contribution in [0, 0.1) is 5.82 Å². The second-order valence-electron chi connectivity index (χ2n) is 4.08. The number of benzene rings is 1. The van der Waals surface area contributed by atoms with Crippen LogP contribution in [0.3, 0.4) is 0 Å². The van der Waals surface area contributed by atoms with E-state index in [1.807, 2.05) is 17.8 Å². The summed E-state index contributed by atoms with van der Waals surface area (Å²) < 4.78 is 14.9. The summed E-state index contributed by atoms with van der Waals surface area (Å²) in [7, 11) is 1.87. The highest BCUT2D eigenvalue weighted by molar-refractivity contribution is 8.00. The summed E-state index contributed by atoms with van der Waals surface area (Å²) in [6, 6.07) is 5.83. The number of carbonyl (C=O) groups excluding carboxylic acids is 1. The first-order valence-corrected chi connectivity index (χ1v) is 6.64. The molecule has 2 aromatic rings. The van der Waals surface area contributed by atoms with E-state index in [0.717, 1.165) is 5.16 Å². The van der Waals surface area contributed by atoms with Crippen LogP contribution >= 0.6 is 11.8 Å². The molecule has 0 fully saturated rings. The number of aryl methyl sites for hydroxylation is 1. The molecule has 1 atom stereocenters. The molecule has 1 aromatic heterocycles. The normalized spacial score (nSPS) is 12.2. The average Bonchev–Trinajstić information content (AvgIpc) is 2.75. The van der Waals surface area contributed by atoms with Crippen molar-refractivity contribution in [2.75, 3.05) is 5.32 Å². The van der Waals surface area contributed by atoms with Gasteiger partial charge in [-0.2, -0.15) is 0 Å². The van der Waals surface area contributed by atoms with E-state index in [1.165, 1.54) is 23.9 Å². The van der Waals surface area contributed by atoms with E-state index in [4.69, 9.17) is 0 Å². The second-order valence-corrected chi connectivity index (χ2v) is 5.39. The number of aromatic nitrogens is 2. The molecule has 19 heavy (non-hydrogen) atoms. The smallest absolute Gasteiger partial charge is 0.237 e. The predicted molar refractivity (Wildman–Crippen MR) is 73.6 cm³/mol. The molecule has 0 aliphatic rings. The molecule has 0 spiro atoms. The minimum atomic E-state index is -0.373. The Kier molecular flexibility index (Phi) is 4.21. The fraction of sp³-hybridized carbons (Fsp3) is 0.231. The monoisotopic (exact) mass is 279 g/mol. The van der Waals surface area contributed by atoms with Gasteiger partial charge in [-0.1, -0.05) is 17.8 Å². The minimum absolute atomic E-state index is 0.182. The van der Waals surface area contributed by atoms with Crippen LogP contribution < -0.4 is 5.32 Å². The Morgan fingerprint density at radius 1 is 1.53 bits per heavy atom. The van der Waals surface area contributed by atoms with E-state index in [-0.39, 0.29) is 17.0 Å². The fourth-order valence-corrected chi connectivity index (χ4v) is 2.32. The van der Waals surface area contributed by atoms with Gasteiger partial charge in [0, 0.05) is 25.1 Å². The van der Waals surface area contributed by atoms with Gasteiger partial charge in [-0.05, 0) is 25.1 Å². The Morgan fingerprint density at radius 3 is 2.95 bits per heavy atom. The molecule has 0 aliphatic carbocycles. The maximum absolute atomic E-state index is 13.0. The van der Waals surface area contributed by atoms with Crippen LogP contribution in [0.15, 0.2) is 41.8 Å². The molecule has 2 rings (SSSR count). The van der Waals surface area contributed by atoms with Crippen LogP contribution in [0.4, 0.5) is 10.1 Å². The molecule has 0 aliphatic heterocycles. The largest absolute Gasteiger partial charge is 0.329 e. The first-order valence-electron chi connectivity index (χ1n) is 5.76. The highest BCUT2D eigenvalue weighted by atomic mass is 32.2. The molecule has 1 unspecified atom stereocenters. The highest BCUT2D eigenvalue weighted by Crippen LogP contribution is 2.22. The van der Waals surface area contributed by atoms with Crippen molar-refractivity contribution >= 4 is 23.4 Å². The number of nitrogens with one attached hydrogen (secondary N) is 1. The second kappa shape index (κ2) is 5.88. The van der Waals surface area contributed by atoms with Gasteiger partial charge in [-0.15, -0.1) is 0 Å². The number of hydrogen-bond donors (Lipinski definition) is 1. The van der Waals surface area contributed by atoms with E-state index in [1.54, 1.807) is 25.3 Å². The average molecular weight is 279 g/mol. The van der Waals surface area contributed by atoms with Crippen molar-refractivity contribution in [3.8, 4) is 0 Å². The van der Waals surface area contributed by atoms with Crippen LogP contribution in [-0.2, 0) is 11.8 Å². The number of halogens is 1. The van der Waals surface area contributed by atoms with Crippen molar-refractivity contribution in [1.82, 2.24) is 9.55 Å². The summed E-state index contributed by atoms with van der Waals surface area (Å²) >= 11 is 1.35. The lowest BCUT2D eigenvalue weighted by atomic mass is 10.3. The fourth-order valence-electron chi connectivity index (χ4n) is 1.49. The van der Waals surface area contributed by atoms with Crippen LogP contribution in [0.25, 0.3) is 0 Å². The lowest BCUT2D eigenvalue weighted by Gasteiger charge is -2.11. The van der Waals surface area contributed by atoms with E-state index in [9.17, 15) is 9.18 Å². The van der Waals surface area contributed by atoms with Crippen molar-refractivity contribution in [2.45, 2.75) is 17.3 Å². The van der Waals surface area contributed by atoms with Crippen LogP contribution in [0.1, 0.15) is 6.92 Å². The lowest BCUT2D eigenvalue weighted by Crippen LogP contribution is -2.22. The molecule has 0 bridgehead atoms. The third-order valence-electron chi connectivity index (χ3n) is 2.52. The third-order valence-corrected chi connectivity index (χ3v) is 3.69. The number of nitrogens with zero attached hydrogens (tertiary/aromatic N) is 2. The van der Waals surface area contributed by atoms with Gasteiger partial charge in [0.15, 0.2) is 5.16 Å². The summed E-state index contributed by atoms with van der Waals surface area (Å²) in [5, 5.41) is 3.13. The zero-order chi connectivity index (χ0) is 13.8. The Balaban J connectivity index is 1.98. The van der Waals surface area contributed by atoms with Crippen molar-refractivity contribution in [3.63, 3.8) is 0 Å². The highest BCUT2D eigenvalue weighted by Gasteiger charge is 2.16. The zero-order valence-corrected chi connectivity index (χ0v) is 11.4. The standard InChI is InChI=1S/C13H14FN3OS/c1-9(19-13-15-6-7-17(13)2)12(18)16-11-5-3-4-10(14)8-11/h3-9H,1-2H3,(H,16,18). The molecular weight excluding hydrogens is 265 g/mol. The SMILES string of the molecule is CC(Sc1nccn1C)C(=O)Nc1cccc(F)c1. The summed E-state index contributed by atoms with van der Waals surface area (Å²) in [5.41, 5.74) is 0.456. The summed E-state index contributed by atoms with van der Waals surface area (Å²) in [4.78, 5) is 16.1. The predicted octanol–water partition coefficient (Wildman–Crippen LogP) is 2.68. The number of carbonyl (C=O) groups is 1. The Hall–Kier alpha value is -1.82. The van der Waals surface area contributed by atoms with Crippen molar-refractivity contribution in [1.29, 1.82) is 0 Å². The van der Waals surface area contributed by atoms with Crippen LogP contribution in [0.5, 0.6) is 0 Å². The number of amides is 1. The zero-order valence-electron chi connectivity index (χ0n) is 10.6. The summed E-state index contributed by atoms with van der Waals surface area (Å²) in [5.74, 6) is -0.555. The van der Waals surface area contributed by atoms with E-state index < -0.39 is 0 Å². The first-order chi connectivity index (χ1) is 9.06. The van der Waals surface area contributed by atoms with Gasteiger partial charge in [0.2, 0.25) is 5.91 Å². The molecule has 1 aromatic carbocycles. The van der Waals surface area contributed by atoms with Gasteiger partial charge < -0.3 is 9.88 Å². The maximum Gasteiger partial charge on any atom is 0.237 e. The van der Waals surface area contributed by atoms with Gasteiger partial charge in [-0.25, -0.2) is 9.37 Å². The van der Waals surface area contributed by atoms with E-state index in [0.29, 0.717) is 5.69 Å². The molecule has 4 nitrogen and oxygen atoms in total. The van der Waals surface area contributed by atoms with Crippen molar-refractivity contribution in [3.05, 3.63) is 42.5 Å². The summed E-state index contributed by atoms with van der Waals surface area (Å²) in [6.45, 7) is 1.79. The van der Waals surface area contributed by atoms with Gasteiger partial charge in [0.25, 0.3) is 0 Å². The van der Waals surface area contributed by atoms with Crippen molar-refractivity contribution in [2.24, 2.45) is 7.05 Å². The maximum atomic E-state index is 13.0. The number of hydrogen-bond acceptors (Lipinski definition) is 3. The minimum Gasteiger partial charge on any atom is -0.329 e. The number of anilines is 1. The van der Waals surface area contributed by atoms with Gasteiger partial charge in [0.1, 0.15) is 5.82 Å². The Labute approximate surface area is 115 Å². The van der Waals surface area contributed by atoms with E-state index in [2.05, 4.69) is 10.3 Å². The molecule has 6 heteroatoms. The van der Waals surface area contributed by atoms with Gasteiger partial charge >= 0.3 is 0 Å². The van der Waals surface area contributed by atoms with E-state index >= 15 is 0 Å². The molecule has 1 heterocycles. The summed E-state index contributed by atoms with van der Waals surface area (Å²) in [6.07, 6.45) is 3.50. The molecule has 0 radical (unpaired) electrons. The number of thioether (sulfide) groups is 1. The Morgan fingerprint density at radius 2 is 2.32 bits per heavy atom. The van der Waals surface area contributed by atoms with Gasteiger partial charge in [0.05, 0.1) is 5.25 Å². The number of imidazole rings is 1. The lowest BCUT2D eigenvalue weighted by molar-refractivity contribution is -0.115. The van der Waals surface area contributed by atoms with Crippen LogP contribution in [0.2, 0.25) is 0 Å². The molecule has 1 amide bonds. The Bertz CT molecular complexity index is 585. The number of rotatable bonds is 4. The van der Waals surface area contributed by atoms with Crippen molar-refractivity contribution < 1.29 is 9.18 Å². The quantitative estimate of drug-likeness (QED) is 0.875. The molecule has 1 N–H and O–H groups in total. The molecule has 100 valence electrons. The topological polar surface area (TPSA) is 46.9 Å². The third kappa shape index (κ3) is 3.57. The van der Waals surface area contributed by atoms with Gasteiger partial charge in [-0.3, -0.25) is 4.79 Å².